The number of fused-ring (bicyclic) bond motifs is 4. The minimum Gasteiger partial charge on any atom is -0.310 e. The minimum atomic E-state index is 1.09. The van der Waals surface area contributed by atoms with Gasteiger partial charge >= 0.3 is 0 Å². The van der Waals surface area contributed by atoms with Crippen LogP contribution in [0.3, 0.4) is 0 Å². The monoisotopic (exact) mass is 779 g/mol. The Kier molecular flexibility index (Phi) is 9.18. The molecule has 0 bridgehead atoms. The van der Waals surface area contributed by atoms with Crippen molar-refractivity contribution >= 4 is 66.7 Å². The van der Waals surface area contributed by atoms with E-state index in [0.717, 1.165) is 45.3 Å². The van der Waals surface area contributed by atoms with Crippen molar-refractivity contribution in [1.82, 2.24) is 4.57 Å². The van der Waals surface area contributed by atoms with Gasteiger partial charge in [-0.1, -0.05) is 152 Å². The second-order valence-electron chi connectivity index (χ2n) is 15.4. The maximum atomic E-state index is 2.43. The zero-order chi connectivity index (χ0) is 40.5. The summed E-state index contributed by atoms with van der Waals surface area (Å²) in [5.74, 6) is 0. The molecule has 0 N–H and O–H groups in total. The molecule has 3 nitrogen and oxygen atoms in total. The quantitative estimate of drug-likeness (QED) is 0.145. The first-order valence-corrected chi connectivity index (χ1v) is 20.8. The van der Waals surface area contributed by atoms with Gasteiger partial charge in [0.2, 0.25) is 0 Å². The van der Waals surface area contributed by atoms with Gasteiger partial charge in [-0.15, -0.1) is 0 Å². The third-order valence-corrected chi connectivity index (χ3v) is 11.7. The smallest absolute Gasteiger partial charge is 0.0561 e. The van der Waals surface area contributed by atoms with Crippen LogP contribution in [-0.2, 0) is 0 Å². The van der Waals surface area contributed by atoms with E-state index in [1.165, 1.54) is 49.3 Å². The normalized spacial score (nSPS) is 11.3. The lowest BCUT2D eigenvalue weighted by Gasteiger charge is -2.26. The predicted molar refractivity (Wildman–Crippen MR) is 259 cm³/mol. The van der Waals surface area contributed by atoms with E-state index >= 15 is 0 Å². The van der Waals surface area contributed by atoms with Crippen LogP contribution in [0.4, 0.5) is 34.1 Å². The van der Waals surface area contributed by atoms with Crippen LogP contribution in [0.5, 0.6) is 0 Å². The Bertz CT molecular complexity index is 3250. The van der Waals surface area contributed by atoms with Crippen molar-refractivity contribution < 1.29 is 0 Å². The number of hydrogen-bond acceptors (Lipinski definition) is 2. The molecule has 11 aromatic rings. The Morgan fingerprint density at radius 1 is 0.246 bits per heavy atom. The number of nitrogens with zero attached hydrogens (tertiary/aromatic N) is 3. The van der Waals surface area contributed by atoms with E-state index in [-0.39, 0.29) is 0 Å². The maximum absolute atomic E-state index is 2.43. The molecule has 1 aromatic heterocycles. The van der Waals surface area contributed by atoms with Gasteiger partial charge in [0.25, 0.3) is 0 Å². The summed E-state index contributed by atoms with van der Waals surface area (Å²) >= 11 is 0. The van der Waals surface area contributed by atoms with Crippen LogP contribution in [0.2, 0.25) is 0 Å². The van der Waals surface area contributed by atoms with Gasteiger partial charge < -0.3 is 14.4 Å². The molecule has 0 amide bonds. The van der Waals surface area contributed by atoms with Crippen LogP contribution in [0.1, 0.15) is 0 Å². The van der Waals surface area contributed by atoms with Crippen molar-refractivity contribution in [3.05, 3.63) is 249 Å². The van der Waals surface area contributed by atoms with Gasteiger partial charge in [0.1, 0.15) is 0 Å². The summed E-state index contributed by atoms with van der Waals surface area (Å²) in [7, 11) is 0. The fourth-order valence-electron chi connectivity index (χ4n) is 8.79. The molecule has 0 saturated heterocycles. The third-order valence-electron chi connectivity index (χ3n) is 11.7. The Hall–Kier alpha value is -8.14. The molecule has 61 heavy (non-hydrogen) atoms. The molecule has 0 saturated carbocycles. The second-order valence-corrected chi connectivity index (χ2v) is 15.4. The topological polar surface area (TPSA) is 11.4 Å². The molecule has 0 aliphatic heterocycles. The summed E-state index contributed by atoms with van der Waals surface area (Å²) in [6, 6.07) is 89.5. The van der Waals surface area contributed by atoms with Gasteiger partial charge in [-0.2, -0.15) is 0 Å². The zero-order valence-electron chi connectivity index (χ0n) is 33.5. The molecular formula is C58H41N3. The molecule has 288 valence electrons. The third kappa shape index (κ3) is 6.78. The maximum Gasteiger partial charge on any atom is 0.0561 e. The van der Waals surface area contributed by atoms with Crippen LogP contribution in [-0.4, -0.2) is 4.57 Å². The lowest BCUT2D eigenvalue weighted by molar-refractivity contribution is 1.18. The molecular weight excluding hydrogens is 739 g/mol. The summed E-state index contributed by atoms with van der Waals surface area (Å²) in [6.07, 6.45) is 0. The molecule has 1 heterocycles. The summed E-state index contributed by atoms with van der Waals surface area (Å²) in [4.78, 5) is 4.70. The van der Waals surface area contributed by atoms with E-state index in [4.69, 9.17) is 0 Å². The van der Waals surface area contributed by atoms with E-state index in [2.05, 4.69) is 263 Å². The van der Waals surface area contributed by atoms with Crippen LogP contribution in [0.15, 0.2) is 249 Å². The van der Waals surface area contributed by atoms with Crippen molar-refractivity contribution in [3.8, 4) is 27.9 Å². The summed E-state index contributed by atoms with van der Waals surface area (Å²) in [5.41, 5.74) is 14.9. The molecule has 3 heteroatoms. The molecule has 0 fully saturated rings. The van der Waals surface area contributed by atoms with E-state index in [1.54, 1.807) is 0 Å². The number of para-hydroxylation sites is 3. The zero-order valence-corrected chi connectivity index (χ0v) is 33.5. The molecule has 0 spiro atoms. The van der Waals surface area contributed by atoms with E-state index in [1.807, 2.05) is 0 Å². The highest BCUT2D eigenvalue weighted by molar-refractivity contribution is 6.14. The van der Waals surface area contributed by atoms with Crippen LogP contribution in [0, 0.1) is 0 Å². The van der Waals surface area contributed by atoms with Crippen molar-refractivity contribution in [2.75, 3.05) is 9.80 Å². The highest BCUT2D eigenvalue weighted by Gasteiger charge is 2.19. The minimum absolute atomic E-state index is 1.09. The van der Waals surface area contributed by atoms with Gasteiger partial charge in [0.15, 0.2) is 0 Å². The van der Waals surface area contributed by atoms with Crippen LogP contribution < -0.4 is 9.80 Å². The summed E-state index contributed by atoms with van der Waals surface area (Å²) in [5, 5.41) is 4.81. The van der Waals surface area contributed by atoms with E-state index in [0.29, 0.717) is 0 Å². The second kappa shape index (κ2) is 15.6. The number of hydrogen-bond donors (Lipinski definition) is 0. The molecule has 0 unspecified atom stereocenters. The molecule has 0 atom stereocenters. The van der Waals surface area contributed by atoms with Crippen molar-refractivity contribution in [2.45, 2.75) is 0 Å². The fourth-order valence-corrected chi connectivity index (χ4v) is 8.79. The SMILES string of the molecule is c1ccc(-c2ccc(N(c3ccccc3)c3ccc4cc5c6ccc(N(c7ccccc7)c7ccc(-c8ccccc8)cc7)cc6n(-c6ccccc6)c5cc4c3)cc2)cc1. The molecule has 0 radical (unpaired) electrons. The van der Waals surface area contributed by atoms with Crippen LogP contribution >= 0.6 is 0 Å². The molecule has 0 aliphatic rings. The highest BCUT2D eigenvalue weighted by Crippen LogP contribution is 2.43. The number of benzene rings is 10. The fraction of sp³-hybridized carbons (Fsp3) is 0. The Morgan fingerprint density at radius 3 is 1.16 bits per heavy atom. The Labute approximate surface area is 356 Å². The number of anilines is 6. The first-order chi connectivity index (χ1) is 30.2. The van der Waals surface area contributed by atoms with Gasteiger partial charge in [0, 0.05) is 50.6 Å². The predicted octanol–water partition coefficient (Wildman–Crippen LogP) is 16.2. The van der Waals surface area contributed by atoms with E-state index in [9.17, 15) is 0 Å². The lowest BCUT2D eigenvalue weighted by atomic mass is 10.0. The summed E-state index contributed by atoms with van der Waals surface area (Å²) < 4.78 is 2.43. The molecule has 0 aliphatic carbocycles. The average molecular weight is 780 g/mol. The van der Waals surface area contributed by atoms with Crippen molar-refractivity contribution in [3.63, 3.8) is 0 Å². The number of aromatic nitrogens is 1. The summed E-state index contributed by atoms with van der Waals surface area (Å²) in [6.45, 7) is 0. The van der Waals surface area contributed by atoms with Crippen LogP contribution in [0.25, 0.3) is 60.5 Å². The van der Waals surface area contributed by atoms with Gasteiger partial charge in [-0.05, 0) is 130 Å². The largest absolute Gasteiger partial charge is 0.310 e. The highest BCUT2D eigenvalue weighted by atomic mass is 15.1. The first kappa shape index (κ1) is 36.0. The van der Waals surface area contributed by atoms with Gasteiger partial charge in [0.05, 0.1) is 11.0 Å². The Morgan fingerprint density at radius 2 is 0.639 bits per heavy atom. The standard InChI is InChI=1S/C58H41N3/c1-6-16-42(17-7-1)44-26-31-51(32-27-44)59(48-20-10-3-11-21-48)53-35-30-46-39-56-55-37-36-54(41-58(55)61(50-24-14-5-15-25-50)57(56)40-47(46)38-53)60(49-22-12-4-13-23-49)52-33-28-45(29-34-52)43-18-8-2-9-19-43/h1-41H. The van der Waals surface area contributed by atoms with Gasteiger partial charge in [-0.25, -0.2) is 0 Å². The Balaban J connectivity index is 1.06. The van der Waals surface area contributed by atoms with Crippen molar-refractivity contribution in [2.24, 2.45) is 0 Å². The van der Waals surface area contributed by atoms with E-state index < -0.39 is 0 Å². The van der Waals surface area contributed by atoms with Gasteiger partial charge in [-0.3, -0.25) is 0 Å². The lowest BCUT2D eigenvalue weighted by Crippen LogP contribution is -2.10. The first-order valence-electron chi connectivity index (χ1n) is 20.8. The molecule has 11 rings (SSSR count). The number of rotatable bonds is 9. The average Bonchev–Trinajstić information content (AvgIpc) is 3.65. The molecule has 10 aromatic carbocycles. The van der Waals surface area contributed by atoms with Crippen molar-refractivity contribution in [1.29, 1.82) is 0 Å².